The van der Waals surface area contributed by atoms with Crippen LogP contribution >= 0.6 is 0 Å². The van der Waals surface area contributed by atoms with E-state index in [1.807, 2.05) is 6.07 Å². The molecule has 0 aliphatic heterocycles. The lowest BCUT2D eigenvalue weighted by molar-refractivity contribution is 0.188. The quantitative estimate of drug-likeness (QED) is 0.783. The second-order valence-corrected chi connectivity index (χ2v) is 6.32. The number of halogens is 1. The Morgan fingerprint density at radius 1 is 1.15 bits per heavy atom. The average molecular weight is 280 g/mol. The number of benzene rings is 1. The molecule has 1 N–H and O–H groups in total. The van der Waals surface area contributed by atoms with Gasteiger partial charge in [0.25, 0.3) is 0 Å². The van der Waals surface area contributed by atoms with Crippen molar-refractivity contribution in [2.45, 2.75) is 40.3 Å². The molecule has 1 aromatic rings. The fourth-order valence-corrected chi connectivity index (χ4v) is 2.27. The lowest BCUT2D eigenvalue weighted by Gasteiger charge is -2.30. The SMILES string of the molecule is CC(C)CNCC(C)C(C)N(C)Cc1cccc(F)c1. The molecule has 0 saturated heterocycles. The van der Waals surface area contributed by atoms with E-state index >= 15 is 0 Å². The molecule has 0 radical (unpaired) electrons. The van der Waals surface area contributed by atoms with E-state index in [0.29, 0.717) is 17.9 Å². The first-order chi connectivity index (χ1) is 9.40. The fourth-order valence-electron chi connectivity index (χ4n) is 2.27. The highest BCUT2D eigenvalue weighted by atomic mass is 19.1. The summed E-state index contributed by atoms with van der Waals surface area (Å²) >= 11 is 0. The second-order valence-electron chi connectivity index (χ2n) is 6.32. The molecule has 0 spiro atoms. The summed E-state index contributed by atoms with van der Waals surface area (Å²) in [4.78, 5) is 2.29. The molecule has 0 bridgehead atoms. The molecule has 3 heteroatoms. The normalized spacial score (nSPS) is 14.8. The Balaban J connectivity index is 2.43. The topological polar surface area (TPSA) is 15.3 Å². The molecule has 2 atom stereocenters. The largest absolute Gasteiger partial charge is 0.316 e. The summed E-state index contributed by atoms with van der Waals surface area (Å²) in [6.45, 7) is 11.8. The van der Waals surface area contributed by atoms with Crippen LogP contribution in [0.2, 0.25) is 0 Å². The van der Waals surface area contributed by atoms with Crippen molar-refractivity contribution in [3.8, 4) is 0 Å². The third kappa shape index (κ3) is 6.02. The highest BCUT2D eigenvalue weighted by Crippen LogP contribution is 2.13. The Hall–Kier alpha value is -0.930. The molecule has 20 heavy (non-hydrogen) atoms. The van der Waals surface area contributed by atoms with E-state index in [1.54, 1.807) is 12.1 Å². The van der Waals surface area contributed by atoms with Gasteiger partial charge in [-0.15, -0.1) is 0 Å². The number of hydrogen-bond donors (Lipinski definition) is 1. The summed E-state index contributed by atoms with van der Waals surface area (Å²) in [5, 5.41) is 3.51. The van der Waals surface area contributed by atoms with Crippen LogP contribution in [0.3, 0.4) is 0 Å². The Morgan fingerprint density at radius 3 is 2.45 bits per heavy atom. The second kappa shape index (κ2) is 8.38. The number of nitrogens with zero attached hydrogens (tertiary/aromatic N) is 1. The first kappa shape index (κ1) is 17.1. The highest BCUT2D eigenvalue weighted by Gasteiger charge is 2.17. The molecule has 0 heterocycles. The van der Waals surface area contributed by atoms with E-state index in [4.69, 9.17) is 0 Å². The van der Waals surface area contributed by atoms with Crippen molar-refractivity contribution < 1.29 is 4.39 Å². The van der Waals surface area contributed by atoms with E-state index in [-0.39, 0.29) is 5.82 Å². The first-order valence-electron chi connectivity index (χ1n) is 7.55. The van der Waals surface area contributed by atoms with Crippen LogP contribution in [0.5, 0.6) is 0 Å². The number of hydrogen-bond acceptors (Lipinski definition) is 2. The smallest absolute Gasteiger partial charge is 0.123 e. The van der Waals surface area contributed by atoms with Gasteiger partial charge in [0.1, 0.15) is 5.82 Å². The Labute approximate surface area is 123 Å². The molecule has 0 aliphatic rings. The molecule has 0 aliphatic carbocycles. The maximum atomic E-state index is 13.2. The van der Waals surface area contributed by atoms with Crippen molar-refractivity contribution in [3.05, 3.63) is 35.6 Å². The van der Waals surface area contributed by atoms with Crippen LogP contribution in [-0.2, 0) is 6.54 Å². The molecule has 1 aromatic carbocycles. The summed E-state index contributed by atoms with van der Waals surface area (Å²) in [6, 6.07) is 7.32. The van der Waals surface area contributed by atoms with Gasteiger partial charge in [0.2, 0.25) is 0 Å². The fraction of sp³-hybridized carbons (Fsp3) is 0.647. The van der Waals surface area contributed by atoms with Gasteiger partial charge in [-0.05, 0) is 56.6 Å². The van der Waals surface area contributed by atoms with Crippen LogP contribution in [0.25, 0.3) is 0 Å². The Morgan fingerprint density at radius 2 is 1.85 bits per heavy atom. The van der Waals surface area contributed by atoms with Crippen molar-refractivity contribution in [1.82, 2.24) is 10.2 Å². The van der Waals surface area contributed by atoms with Gasteiger partial charge in [-0.25, -0.2) is 4.39 Å². The molecular formula is C17H29FN2. The molecule has 2 nitrogen and oxygen atoms in total. The average Bonchev–Trinajstić information content (AvgIpc) is 2.37. The molecule has 2 unspecified atom stereocenters. The molecule has 0 saturated carbocycles. The monoisotopic (exact) mass is 280 g/mol. The summed E-state index contributed by atoms with van der Waals surface area (Å²) in [6.07, 6.45) is 0. The van der Waals surface area contributed by atoms with Gasteiger partial charge in [0.15, 0.2) is 0 Å². The summed E-state index contributed by atoms with van der Waals surface area (Å²) in [5.74, 6) is 1.09. The maximum absolute atomic E-state index is 13.2. The Bertz CT molecular complexity index is 392. The summed E-state index contributed by atoms with van der Waals surface area (Å²) in [7, 11) is 2.11. The maximum Gasteiger partial charge on any atom is 0.123 e. The van der Waals surface area contributed by atoms with E-state index in [1.165, 1.54) is 6.07 Å². The van der Waals surface area contributed by atoms with E-state index in [9.17, 15) is 4.39 Å². The van der Waals surface area contributed by atoms with Crippen LogP contribution in [-0.4, -0.2) is 31.1 Å². The number of rotatable bonds is 8. The van der Waals surface area contributed by atoms with Crippen LogP contribution in [0, 0.1) is 17.7 Å². The van der Waals surface area contributed by atoms with Crippen molar-refractivity contribution in [2.24, 2.45) is 11.8 Å². The van der Waals surface area contributed by atoms with Gasteiger partial charge in [-0.2, -0.15) is 0 Å². The van der Waals surface area contributed by atoms with Gasteiger partial charge >= 0.3 is 0 Å². The molecular weight excluding hydrogens is 251 g/mol. The minimum absolute atomic E-state index is 0.157. The predicted molar refractivity (Wildman–Crippen MR) is 84.2 cm³/mol. The van der Waals surface area contributed by atoms with Gasteiger partial charge < -0.3 is 5.32 Å². The lowest BCUT2D eigenvalue weighted by Crippen LogP contribution is -2.39. The molecule has 0 aromatic heterocycles. The van der Waals surface area contributed by atoms with Crippen LogP contribution in [0.4, 0.5) is 4.39 Å². The van der Waals surface area contributed by atoms with Crippen molar-refractivity contribution in [3.63, 3.8) is 0 Å². The molecule has 0 fully saturated rings. The van der Waals surface area contributed by atoms with E-state index < -0.39 is 0 Å². The van der Waals surface area contributed by atoms with E-state index in [0.717, 1.165) is 25.2 Å². The number of nitrogens with one attached hydrogen (secondary N) is 1. The zero-order chi connectivity index (χ0) is 15.1. The van der Waals surface area contributed by atoms with Gasteiger partial charge in [0.05, 0.1) is 0 Å². The third-order valence-electron chi connectivity index (χ3n) is 3.86. The van der Waals surface area contributed by atoms with Crippen LogP contribution in [0.15, 0.2) is 24.3 Å². The highest BCUT2D eigenvalue weighted by molar-refractivity contribution is 5.16. The van der Waals surface area contributed by atoms with Crippen molar-refractivity contribution >= 4 is 0 Å². The lowest BCUT2D eigenvalue weighted by atomic mass is 10.0. The molecule has 1 rings (SSSR count). The zero-order valence-electron chi connectivity index (χ0n) is 13.5. The van der Waals surface area contributed by atoms with Crippen molar-refractivity contribution in [1.29, 1.82) is 0 Å². The molecule has 114 valence electrons. The van der Waals surface area contributed by atoms with Crippen LogP contribution < -0.4 is 5.32 Å². The van der Waals surface area contributed by atoms with Crippen molar-refractivity contribution in [2.75, 3.05) is 20.1 Å². The van der Waals surface area contributed by atoms with Gasteiger partial charge in [-0.1, -0.05) is 32.9 Å². The van der Waals surface area contributed by atoms with Gasteiger partial charge in [0, 0.05) is 12.6 Å². The molecule has 0 amide bonds. The summed E-state index contributed by atoms with van der Waals surface area (Å²) in [5.41, 5.74) is 1.03. The zero-order valence-corrected chi connectivity index (χ0v) is 13.5. The van der Waals surface area contributed by atoms with Gasteiger partial charge in [-0.3, -0.25) is 4.90 Å². The minimum Gasteiger partial charge on any atom is -0.316 e. The third-order valence-corrected chi connectivity index (χ3v) is 3.86. The predicted octanol–water partition coefficient (Wildman–Crippen LogP) is 3.53. The summed E-state index contributed by atoms with van der Waals surface area (Å²) < 4.78 is 13.2. The van der Waals surface area contributed by atoms with E-state index in [2.05, 4.69) is 45.0 Å². The Kier molecular flexibility index (Phi) is 7.17. The minimum atomic E-state index is -0.157. The van der Waals surface area contributed by atoms with Crippen LogP contribution in [0.1, 0.15) is 33.3 Å². The first-order valence-corrected chi connectivity index (χ1v) is 7.55. The standard InChI is InChI=1S/C17H29FN2/c1-13(2)10-19-11-14(3)15(4)20(5)12-16-7-6-8-17(18)9-16/h6-9,13-15,19H,10-12H2,1-5H3.